The van der Waals surface area contributed by atoms with E-state index < -0.39 is 0 Å². The standard InChI is InChI=1S/C16H17BrN4O/c1-9(18-3)7-15-20-16(22-21-15)13-6-10(2)19-14-8-11(17)4-5-12(13)14/h4-6,8-9,18H,7H2,1-3H3. The van der Waals surface area contributed by atoms with E-state index >= 15 is 0 Å². The van der Waals surface area contributed by atoms with E-state index in [1.54, 1.807) is 0 Å². The molecule has 1 atom stereocenters. The van der Waals surface area contributed by atoms with Crippen LogP contribution in [0.25, 0.3) is 22.4 Å². The van der Waals surface area contributed by atoms with Gasteiger partial charge < -0.3 is 9.84 Å². The average molecular weight is 361 g/mol. The van der Waals surface area contributed by atoms with Crippen LogP contribution >= 0.6 is 15.9 Å². The van der Waals surface area contributed by atoms with E-state index in [4.69, 9.17) is 4.52 Å². The predicted octanol–water partition coefficient (Wildman–Crippen LogP) is 3.51. The Labute approximate surface area is 137 Å². The van der Waals surface area contributed by atoms with E-state index in [9.17, 15) is 0 Å². The second-order valence-electron chi connectivity index (χ2n) is 5.38. The monoisotopic (exact) mass is 360 g/mol. The highest BCUT2D eigenvalue weighted by Gasteiger charge is 2.15. The molecule has 0 radical (unpaired) electrons. The molecule has 0 saturated carbocycles. The molecule has 0 aliphatic carbocycles. The first-order chi connectivity index (χ1) is 10.6. The van der Waals surface area contributed by atoms with Gasteiger partial charge in [0.05, 0.1) is 11.1 Å². The van der Waals surface area contributed by atoms with Crippen LogP contribution in [-0.4, -0.2) is 28.2 Å². The number of benzene rings is 1. The third kappa shape index (κ3) is 3.03. The van der Waals surface area contributed by atoms with E-state index in [0.717, 1.165) is 33.1 Å². The molecule has 6 heteroatoms. The van der Waals surface area contributed by atoms with Crippen molar-refractivity contribution >= 4 is 26.8 Å². The van der Waals surface area contributed by atoms with Crippen LogP contribution in [0.15, 0.2) is 33.3 Å². The average Bonchev–Trinajstić information content (AvgIpc) is 2.94. The zero-order valence-corrected chi connectivity index (χ0v) is 14.3. The van der Waals surface area contributed by atoms with Gasteiger partial charge in [0.1, 0.15) is 0 Å². The van der Waals surface area contributed by atoms with Crippen LogP contribution in [-0.2, 0) is 6.42 Å². The maximum absolute atomic E-state index is 5.46. The van der Waals surface area contributed by atoms with Crippen LogP contribution in [0, 0.1) is 6.92 Å². The van der Waals surface area contributed by atoms with Crippen molar-refractivity contribution in [2.45, 2.75) is 26.3 Å². The number of halogens is 1. The highest BCUT2D eigenvalue weighted by molar-refractivity contribution is 9.10. The largest absolute Gasteiger partial charge is 0.334 e. The third-order valence-corrected chi connectivity index (χ3v) is 4.07. The predicted molar refractivity (Wildman–Crippen MR) is 89.7 cm³/mol. The topological polar surface area (TPSA) is 63.8 Å². The Hall–Kier alpha value is -1.79. The van der Waals surface area contributed by atoms with E-state index in [2.05, 4.69) is 43.3 Å². The zero-order chi connectivity index (χ0) is 15.7. The first-order valence-corrected chi connectivity index (χ1v) is 7.93. The Morgan fingerprint density at radius 1 is 1.27 bits per heavy atom. The molecule has 2 heterocycles. The lowest BCUT2D eigenvalue weighted by Gasteiger charge is -2.05. The van der Waals surface area contributed by atoms with E-state index in [1.807, 2.05) is 38.2 Å². The first-order valence-electron chi connectivity index (χ1n) is 7.14. The molecule has 0 fully saturated rings. The molecule has 3 rings (SSSR count). The van der Waals surface area contributed by atoms with Gasteiger partial charge in [0.2, 0.25) is 0 Å². The smallest absolute Gasteiger partial charge is 0.258 e. The van der Waals surface area contributed by atoms with Crippen molar-refractivity contribution in [1.82, 2.24) is 20.4 Å². The Balaban J connectivity index is 2.06. The highest BCUT2D eigenvalue weighted by atomic mass is 79.9. The number of fused-ring (bicyclic) bond motifs is 1. The van der Waals surface area contributed by atoms with Gasteiger partial charge in [-0.2, -0.15) is 4.98 Å². The summed E-state index contributed by atoms with van der Waals surface area (Å²) in [6, 6.07) is 8.28. The Kier molecular flexibility index (Phi) is 4.22. The third-order valence-electron chi connectivity index (χ3n) is 3.58. The first kappa shape index (κ1) is 15.1. The number of pyridine rings is 1. The van der Waals surface area contributed by atoms with Gasteiger partial charge in [-0.3, -0.25) is 4.98 Å². The van der Waals surface area contributed by atoms with Gasteiger partial charge in [-0.15, -0.1) is 0 Å². The number of nitrogens with zero attached hydrogens (tertiary/aromatic N) is 3. The maximum atomic E-state index is 5.46. The van der Waals surface area contributed by atoms with Gasteiger partial charge >= 0.3 is 0 Å². The molecular formula is C16H17BrN4O. The molecule has 0 aliphatic heterocycles. The van der Waals surface area contributed by atoms with Crippen LogP contribution in [0.5, 0.6) is 0 Å². The summed E-state index contributed by atoms with van der Waals surface area (Å²) in [5.41, 5.74) is 2.75. The normalized spacial score (nSPS) is 12.7. The molecule has 0 aliphatic rings. The van der Waals surface area contributed by atoms with Gasteiger partial charge in [0.25, 0.3) is 5.89 Å². The zero-order valence-electron chi connectivity index (χ0n) is 12.7. The Morgan fingerprint density at radius 3 is 2.86 bits per heavy atom. The fourth-order valence-electron chi connectivity index (χ4n) is 2.33. The molecule has 1 N–H and O–H groups in total. The Morgan fingerprint density at radius 2 is 2.09 bits per heavy atom. The fourth-order valence-corrected chi connectivity index (χ4v) is 2.68. The number of likely N-dealkylation sites (N-methyl/N-ethyl adjacent to an activating group) is 1. The number of nitrogens with one attached hydrogen (secondary N) is 1. The molecule has 5 nitrogen and oxygen atoms in total. The van der Waals surface area contributed by atoms with Crippen molar-refractivity contribution in [3.63, 3.8) is 0 Å². The van der Waals surface area contributed by atoms with Crippen LogP contribution < -0.4 is 5.32 Å². The molecule has 2 aromatic heterocycles. The lowest BCUT2D eigenvalue weighted by atomic mass is 10.1. The molecule has 3 aromatic rings. The van der Waals surface area contributed by atoms with E-state index in [1.165, 1.54) is 0 Å². The second kappa shape index (κ2) is 6.14. The number of aromatic nitrogens is 3. The highest BCUT2D eigenvalue weighted by Crippen LogP contribution is 2.29. The molecule has 22 heavy (non-hydrogen) atoms. The summed E-state index contributed by atoms with van der Waals surface area (Å²) in [5, 5.41) is 8.25. The van der Waals surface area contributed by atoms with Crippen molar-refractivity contribution in [1.29, 1.82) is 0 Å². The lowest BCUT2D eigenvalue weighted by Crippen LogP contribution is -2.24. The minimum Gasteiger partial charge on any atom is -0.334 e. The summed E-state index contributed by atoms with van der Waals surface area (Å²) >= 11 is 3.48. The fraction of sp³-hybridized carbons (Fsp3) is 0.312. The summed E-state index contributed by atoms with van der Waals surface area (Å²) in [4.78, 5) is 9.09. The maximum Gasteiger partial charge on any atom is 0.258 e. The second-order valence-corrected chi connectivity index (χ2v) is 6.30. The SMILES string of the molecule is CNC(C)Cc1noc(-c2cc(C)nc3cc(Br)ccc23)n1. The van der Waals surface area contributed by atoms with Crippen LogP contribution in [0.4, 0.5) is 0 Å². The van der Waals surface area contributed by atoms with Gasteiger partial charge in [0.15, 0.2) is 5.82 Å². The minimum atomic E-state index is 0.303. The summed E-state index contributed by atoms with van der Waals surface area (Å²) in [7, 11) is 1.92. The van der Waals surface area contributed by atoms with Crippen molar-refractivity contribution in [3.05, 3.63) is 40.3 Å². The van der Waals surface area contributed by atoms with Gasteiger partial charge in [-0.25, -0.2) is 0 Å². The van der Waals surface area contributed by atoms with Gasteiger partial charge in [0, 0.05) is 28.0 Å². The quantitative estimate of drug-likeness (QED) is 0.771. The van der Waals surface area contributed by atoms with Gasteiger partial charge in [-0.05, 0) is 39.1 Å². The molecular weight excluding hydrogens is 344 g/mol. The Bertz CT molecular complexity index is 810. The van der Waals surface area contributed by atoms with E-state index in [0.29, 0.717) is 17.8 Å². The van der Waals surface area contributed by atoms with Crippen LogP contribution in [0.2, 0.25) is 0 Å². The van der Waals surface area contributed by atoms with Crippen molar-refractivity contribution in [3.8, 4) is 11.5 Å². The number of rotatable bonds is 4. The molecule has 0 spiro atoms. The number of aryl methyl sites for hydroxylation is 1. The van der Waals surface area contributed by atoms with Crippen molar-refractivity contribution in [2.24, 2.45) is 0 Å². The molecule has 0 amide bonds. The summed E-state index contributed by atoms with van der Waals surface area (Å²) in [6.07, 6.45) is 0.730. The van der Waals surface area contributed by atoms with Crippen LogP contribution in [0.3, 0.4) is 0 Å². The molecule has 0 saturated heterocycles. The molecule has 1 unspecified atom stereocenters. The summed E-state index contributed by atoms with van der Waals surface area (Å²) in [5.74, 6) is 1.24. The number of hydrogen-bond acceptors (Lipinski definition) is 5. The lowest BCUT2D eigenvalue weighted by molar-refractivity contribution is 0.418. The van der Waals surface area contributed by atoms with Crippen molar-refractivity contribution in [2.75, 3.05) is 7.05 Å². The van der Waals surface area contributed by atoms with Crippen molar-refractivity contribution < 1.29 is 4.52 Å². The van der Waals surface area contributed by atoms with Crippen LogP contribution in [0.1, 0.15) is 18.4 Å². The minimum absolute atomic E-state index is 0.303. The van der Waals surface area contributed by atoms with E-state index in [-0.39, 0.29) is 0 Å². The van der Waals surface area contributed by atoms with Gasteiger partial charge in [-0.1, -0.05) is 27.2 Å². The molecule has 0 bridgehead atoms. The summed E-state index contributed by atoms with van der Waals surface area (Å²) < 4.78 is 6.46. The number of hydrogen-bond donors (Lipinski definition) is 1. The molecule has 1 aromatic carbocycles. The molecule has 114 valence electrons. The summed E-state index contributed by atoms with van der Waals surface area (Å²) in [6.45, 7) is 4.05.